The van der Waals surface area contributed by atoms with Gasteiger partial charge in [-0.15, -0.1) is 0 Å². The van der Waals surface area contributed by atoms with Crippen molar-refractivity contribution in [1.29, 1.82) is 0 Å². The summed E-state index contributed by atoms with van der Waals surface area (Å²) < 4.78 is 28.5. The molecule has 3 rings (SSSR count). The molecule has 1 N–H and O–H groups in total. The van der Waals surface area contributed by atoms with Gasteiger partial charge in [0, 0.05) is 29.7 Å². The summed E-state index contributed by atoms with van der Waals surface area (Å²) in [4.78, 5) is 3.94. The van der Waals surface area contributed by atoms with Gasteiger partial charge in [0.1, 0.15) is 17.7 Å². The third kappa shape index (κ3) is 2.87. The summed E-state index contributed by atoms with van der Waals surface area (Å²) in [5, 5.41) is 14.3. The number of aliphatic hydroxyl groups excluding tert-OH is 1. The van der Waals surface area contributed by atoms with E-state index in [1.807, 2.05) is 12.1 Å². The van der Waals surface area contributed by atoms with E-state index >= 15 is 0 Å². The predicted octanol–water partition coefficient (Wildman–Crippen LogP) is 2.96. The average Bonchev–Trinajstić information content (AvgIpc) is 2.98. The van der Waals surface area contributed by atoms with E-state index in [0.717, 1.165) is 29.5 Å². The summed E-state index contributed by atoms with van der Waals surface area (Å²) in [6.45, 7) is 0.0189. The Morgan fingerprint density at radius 2 is 1.82 bits per heavy atom. The molecule has 2 aromatic heterocycles. The van der Waals surface area contributed by atoms with Gasteiger partial charge in [0.25, 0.3) is 0 Å². The van der Waals surface area contributed by atoms with Gasteiger partial charge in [0.2, 0.25) is 0 Å². The molecule has 0 radical (unpaired) electrons. The highest BCUT2D eigenvalue weighted by molar-refractivity contribution is 5.58. The summed E-state index contributed by atoms with van der Waals surface area (Å²) >= 11 is 0. The standard InChI is InChI=1S/C16H13F2N3O/c17-12-1-2-14(18)13(9-12)16(22)10-21-15(5-8-20-21)11-3-6-19-7-4-11/h1-9,16,22H,10H2/t16-/m1/s1. The molecule has 0 saturated heterocycles. The minimum absolute atomic E-state index is 0.0189. The van der Waals surface area contributed by atoms with Crippen LogP contribution in [0.15, 0.2) is 55.0 Å². The number of nitrogens with zero attached hydrogens (tertiary/aromatic N) is 3. The van der Waals surface area contributed by atoms with E-state index in [4.69, 9.17) is 0 Å². The minimum atomic E-state index is -1.20. The fraction of sp³-hybridized carbons (Fsp3) is 0.125. The highest BCUT2D eigenvalue weighted by Gasteiger charge is 2.16. The smallest absolute Gasteiger partial charge is 0.129 e. The third-order valence-electron chi connectivity index (χ3n) is 3.36. The van der Waals surface area contributed by atoms with Crippen molar-refractivity contribution < 1.29 is 13.9 Å². The third-order valence-corrected chi connectivity index (χ3v) is 3.36. The van der Waals surface area contributed by atoms with Crippen molar-refractivity contribution in [2.24, 2.45) is 0 Å². The van der Waals surface area contributed by atoms with Crippen LogP contribution >= 0.6 is 0 Å². The van der Waals surface area contributed by atoms with Gasteiger partial charge in [-0.3, -0.25) is 9.67 Å². The second-order valence-electron chi connectivity index (χ2n) is 4.82. The number of halogens is 2. The molecule has 6 heteroatoms. The van der Waals surface area contributed by atoms with E-state index in [9.17, 15) is 13.9 Å². The first kappa shape index (κ1) is 14.3. The summed E-state index contributed by atoms with van der Waals surface area (Å²) in [6, 6.07) is 8.41. The lowest BCUT2D eigenvalue weighted by Crippen LogP contribution is -2.12. The maximum Gasteiger partial charge on any atom is 0.129 e. The van der Waals surface area contributed by atoms with Crippen molar-refractivity contribution in [3.8, 4) is 11.3 Å². The van der Waals surface area contributed by atoms with Crippen LogP contribution in [0.4, 0.5) is 8.78 Å². The summed E-state index contributed by atoms with van der Waals surface area (Å²) in [7, 11) is 0. The molecule has 0 spiro atoms. The zero-order chi connectivity index (χ0) is 15.5. The average molecular weight is 301 g/mol. The molecule has 22 heavy (non-hydrogen) atoms. The van der Waals surface area contributed by atoms with Crippen LogP contribution in [0.1, 0.15) is 11.7 Å². The molecule has 112 valence electrons. The largest absolute Gasteiger partial charge is 0.386 e. The van der Waals surface area contributed by atoms with Crippen LogP contribution < -0.4 is 0 Å². The molecule has 0 aliphatic carbocycles. The van der Waals surface area contributed by atoms with E-state index in [0.29, 0.717) is 0 Å². The first-order chi connectivity index (χ1) is 10.6. The quantitative estimate of drug-likeness (QED) is 0.806. The van der Waals surface area contributed by atoms with Crippen molar-refractivity contribution in [3.63, 3.8) is 0 Å². The summed E-state index contributed by atoms with van der Waals surface area (Å²) in [5.74, 6) is -1.24. The molecule has 0 saturated carbocycles. The lowest BCUT2D eigenvalue weighted by Gasteiger charge is -2.14. The Morgan fingerprint density at radius 1 is 1.05 bits per heavy atom. The van der Waals surface area contributed by atoms with Crippen LogP contribution in [-0.2, 0) is 6.54 Å². The van der Waals surface area contributed by atoms with Crippen LogP contribution in [-0.4, -0.2) is 19.9 Å². The molecule has 0 amide bonds. The number of hydrogen-bond acceptors (Lipinski definition) is 3. The van der Waals surface area contributed by atoms with E-state index in [2.05, 4.69) is 10.1 Å². The minimum Gasteiger partial charge on any atom is -0.386 e. The number of aliphatic hydroxyl groups is 1. The lowest BCUT2D eigenvalue weighted by atomic mass is 10.1. The Morgan fingerprint density at radius 3 is 2.59 bits per heavy atom. The number of hydrogen-bond donors (Lipinski definition) is 1. The zero-order valence-electron chi connectivity index (χ0n) is 11.5. The molecule has 0 bridgehead atoms. The Bertz CT molecular complexity index is 774. The molecular formula is C16H13F2N3O. The van der Waals surface area contributed by atoms with Crippen molar-refractivity contribution in [1.82, 2.24) is 14.8 Å². The van der Waals surface area contributed by atoms with Crippen molar-refractivity contribution in [3.05, 3.63) is 72.2 Å². The van der Waals surface area contributed by atoms with Crippen LogP contribution in [0, 0.1) is 11.6 Å². The van der Waals surface area contributed by atoms with Crippen molar-refractivity contribution in [2.75, 3.05) is 0 Å². The monoisotopic (exact) mass is 301 g/mol. The van der Waals surface area contributed by atoms with Gasteiger partial charge in [-0.05, 0) is 36.4 Å². The number of rotatable bonds is 4. The maximum atomic E-state index is 13.7. The molecule has 1 aromatic carbocycles. The van der Waals surface area contributed by atoms with Gasteiger partial charge in [-0.2, -0.15) is 5.10 Å². The fourth-order valence-corrected chi connectivity index (χ4v) is 2.28. The first-order valence-electron chi connectivity index (χ1n) is 6.70. The van der Waals surface area contributed by atoms with Crippen molar-refractivity contribution in [2.45, 2.75) is 12.6 Å². The van der Waals surface area contributed by atoms with Gasteiger partial charge in [-0.25, -0.2) is 8.78 Å². The van der Waals surface area contributed by atoms with Crippen LogP contribution in [0.5, 0.6) is 0 Å². The second kappa shape index (κ2) is 6.03. The highest BCUT2D eigenvalue weighted by Crippen LogP contribution is 2.23. The zero-order valence-corrected chi connectivity index (χ0v) is 11.5. The van der Waals surface area contributed by atoms with Gasteiger partial charge in [0.15, 0.2) is 0 Å². The molecule has 0 aliphatic rings. The second-order valence-corrected chi connectivity index (χ2v) is 4.82. The molecule has 2 heterocycles. The number of benzene rings is 1. The number of pyridine rings is 1. The van der Waals surface area contributed by atoms with Gasteiger partial charge in [-0.1, -0.05) is 0 Å². The van der Waals surface area contributed by atoms with E-state index in [1.54, 1.807) is 29.3 Å². The SMILES string of the molecule is O[C@H](Cn1nccc1-c1ccncc1)c1cc(F)ccc1F. The summed E-state index contributed by atoms with van der Waals surface area (Å²) in [5.41, 5.74) is 1.55. The Labute approximate surface area is 125 Å². The molecule has 1 atom stereocenters. The maximum absolute atomic E-state index is 13.7. The Balaban J connectivity index is 1.88. The lowest BCUT2D eigenvalue weighted by molar-refractivity contribution is 0.147. The summed E-state index contributed by atoms with van der Waals surface area (Å²) in [6.07, 6.45) is 3.69. The molecule has 3 aromatic rings. The van der Waals surface area contributed by atoms with Gasteiger partial charge in [0.05, 0.1) is 12.2 Å². The molecule has 4 nitrogen and oxygen atoms in total. The van der Waals surface area contributed by atoms with Gasteiger partial charge >= 0.3 is 0 Å². The topological polar surface area (TPSA) is 50.9 Å². The molecular weight excluding hydrogens is 288 g/mol. The van der Waals surface area contributed by atoms with Crippen molar-refractivity contribution >= 4 is 0 Å². The van der Waals surface area contributed by atoms with Crippen LogP contribution in [0.25, 0.3) is 11.3 Å². The predicted molar refractivity (Wildman–Crippen MR) is 76.8 cm³/mol. The van der Waals surface area contributed by atoms with Crippen LogP contribution in [0.3, 0.4) is 0 Å². The molecule has 0 fully saturated rings. The highest BCUT2D eigenvalue weighted by atomic mass is 19.1. The molecule has 0 unspecified atom stereocenters. The van der Waals surface area contributed by atoms with Gasteiger partial charge < -0.3 is 5.11 Å². The normalized spacial score (nSPS) is 12.3. The molecule has 0 aliphatic heterocycles. The Kier molecular flexibility index (Phi) is 3.93. The van der Waals surface area contributed by atoms with Crippen LogP contribution in [0.2, 0.25) is 0 Å². The van der Waals surface area contributed by atoms with E-state index in [-0.39, 0.29) is 12.1 Å². The Hall–Kier alpha value is -2.60. The number of aromatic nitrogens is 3. The first-order valence-corrected chi connectivity index (χ1v) is 6.70. The van der Waals surface area contributed by atoms with E-state index in [1.165, 1.54) is 0 Å². The fourth-order valence-electron chi connectivity index (χ4n) is 2.28. The van der Waals surface area contributed by atoms with E-state index < -0.39 is 17.7 Å².